The molecule has 1 aliphatic heterocycles. The summed E-state index contributed by atoms with van der Waals surface area (Å²) in [6, 6.07) is 3.61. The van der Waals surface area contributed by atoms with Crippen molar-refractivity contribution in [1.29, 1.82) is 0 Å². The van der Waals surface area contributed by atoms with Gasteiger partial charge in [0, 0.05) is 53.8 Å². The van der Waals surface area contributed by atoms with Crippen molar-refractivity contribution >= 4 is 56.3 Å². The number of hydrogen-bond acceptors (Lipinski definition) is 10. The summed E-state index contributed by atoms with van der Waals surface area (Å²) in [5, 5.41) is 7.23. The van der Waals surface area contributed by atoms with Crippen molar-refractivity contribution in [2.45, 2.75) is 6.42 Å². The molecule has 38 heavy (non-hydrogen) atoms. The average Bonchev–Trinajstić information content (AvgIpc) is 3.67. The van der Waals surface area contributed by atoms with Crippen LogP contribution in [0.5, 0.6) is 0 Å². The van der Waals surface area contributed by atoms with Crippen molar-refractivity contribution in [3.63, 3.8) is 0 Å². The highest BCUT2D eigenvalue weighted by Crippen LogP contribution is 2.37. The molecule has 6 heterocycles. The molecule has 1 amide bonds. The Labute approximate surface area is 224 Å². The van der Waals surface area contributed by atoms with Crippen molar-refractivity contribution in [3.05, 3.63) is 61.6 Å². The second-order valence-electron chi connectivity index (χ2n) is 8.86. The third kappa shape index (κ3) is 4.43. The fraction of sp³-hybridized carbons (Fsp3) is 0.280. The number of fused-ring (bicyclic) bond motifs is 2. The van der Waals surface area contributed by atoms with E-state index >= 15 is 0 Å². The van der Waals surface area contributed by atoms with E-state index in [1.165, 1.54) is 11.3 Å². The van der Waals surface area contributed by atoms with Crippen LogP contribution in [0.3, 0.4) is 0 Å². The van der Waals surface area contributed by atoms with E-state index in [1.807, 2.05) is 21.7 Å². The Kier molecular flexibility index (Phi) is 6.57. The van der Waals surface area contributed by atoms with Crippen LogP contribution in [-0.4, -0.2) is 59.7 Å². The van der Waals surface area contributed by atoms with E-state index < -0.39 is 5.91 Å². The van der Waals surface area contributed by atoms with E-state index in [0.717, 1.165) is 16.0 Å². The Morgan fingerprint density at radius 1 is 1.21 bits per heavy atom. The molecule has 0 aliphatic carbocycles. The largest absolute Gasteiger partial charge is 0.439 e. The van der Waals surface area contributed by atoms with Crippen LogP contribution in [0.1, 0.15) is 20.9 Å². The Balaban J connectivity index is 1.36. The number of morpholine rings is 1. The number of amides is 1. The number of ether oxygens (including phenoxy) is 1. The second kappa shape index (κ2) is 10.2. The van der Waals surface area contributed by atoms with Crippen LogP contribution >= 0.6 is 22.7 Å². The van der Waals surface area contributed by atoms with E-state index in [9.17, 15) is 9.59 Å². The van der Waals surface area contributed by atoms with Crippen molar-refractivity contribution in [2.24, 2.45) is 5.73 Å². The summed E-state index contributed by atoms with van der Waals surface area (Å²) >= 11 is 2.93. The van der Waals surface area contributed by atoms with Gasteiger partial charge < -0.3 is 30.8 Å². The van der Waals surface area contributed by atoms with Gasteiger partial charge in [-0.25, -0.2) is 9.97 Å². The minimum absolute atomic E-state index is 0.0509. The monoisotopic (exact) mass is 552 g/mol. The van der Waals surface area contributed by atoms with Gasteiger partial charge in [0.05, 0.1) is 32.0 Å². The molecule has 5 aromatic heterocycles. The SMILES string of the molecule is NC(=O)c1c(Cc2cc(-c3csc4c(=O)cc(N5CCOCC5)oc34)cs2)nc(NCC[NH3+])n2ccnc12. The molecule has 5 aromatic rings. The standard InChI is InChI=1S/C25H25N7O4S2/c26-1-2-29-25-30-17(20(23(27)34)24-28-3-4-32(24)25)10-15-9-14(12-37-15)16-13-38-22-18(33)11-19(36-21(16)22)31-5-7-35-8-6-31/h3-4,9,11-13H,1-2,5-8,10,26H2,(H2,27,34)(H,29,30)/p+1. The average molecular weight is 553 g/mol. The molecule has 13 heteroatoms. The fourth-order valence-corrected chi connectivity index (χ4v) is 6.38. The zero-order valence-electron chi connectivity index (χ0n) is 20.4. The number of carbonyl (C=O) groups is 1. The van der Waals surface area contributed by atoms with Crippen molar-refractivity contribution in [1.82, 2.24) is 14.4 Å². The molecule has 0 saturated carbocycles. The van der Waals surface area contributed by atoms with Gasteiger partial charge in [-0.1, -0.05) is 0 Å². The minimum Gasteiger partial charge on any atom is -0.439 e. The Morgan fingerprint density at radius 3 is 2.84 bits per heavy atom. The van der Waals surface area contributed by atoms with Crippen LogP contribution in [0.25, 0.3) is 27.1 Å². The number of nitrogens with zero attached hydrogens (tertiary/aromatic N) is 4. The van der Waals surface area contributed by atoms with Gasteiger partial charge in [0.15, 0.2) is 17.1 Å². The smallest absolute Gasteiger partial charge is 0.254 e. The topological polar surface area (TPSA) is 156 Å². The number of nitrogens with one attached hydrogen (secondary N) is 1. The number of primary amides is 1. The number of thiophene rings is 2. The van der Waals surface area contributed by atoms with Crippen molar-refractivity contribution < 1.29 is 19.7 Å². The molecule has 0 aromatic carbocycles. The van der Waals surface area contributed by atoms with Gasteiger partial charge in [0.1, 0.15) is 10.3 Å². The first-order valence-electron chi connectivity index (χ1n) is 12.2. The molecule has 0 bridgehead atoms. The van der Waals surface area contributed by atoms with Crippen LogP contribution < -0.4 is 27.1 Å². The number of imidazole rings is 1. The molecule has 196 valence electrons. The van der Waals surface area contributed by atoms with Gasteiger partial charge in [0.25, 0.3) is 5.91 Å². The van der Waals surface area contributed by atoms with Crippen LogP contribution in [0.2, 0.25) is 0 Å². The third-order valence-corrected chi connectivity index (χ3v) is 8.30. The second-order valence-corrected chi connectivity index (χ2v) is 10.7. The predicted octanol–water partition coefficient (Wildman–Crippen LogP) is 1.81. The van der Waals surface area contributed by atoms with E-state index in [4.69, 9.17) is 19.9 Å². The number of anilines is 2. The summed E-state index contributed by atoms with van der Waals surface area (Å²) in [7, 11) is 0. The quantitative estimate of drug-likeness (QED) is 0.263. The molecule has 1 saturated heterocycles. The summed E-state index contributed by atoms with van der Waals surface area (Å²) in [5.41, 5.74) is 13.3. The summed E-state index contributed by atoms with van der Waals surface area (Å²) in [6.07, 6.45) is 3.76. The summed E-state index contributed by atoms with van der Waals surface area (Å²) in [5.74, 6) is 0.566. The number of aromatic nitrogens is 3. The van der Waals surface area contributed by atoms with Crippen LogP contribution in [0.15, 0.2) is 44.5 Å². The lowest BCUT2D eigenvalue weighted by molar-refractivity contribution is -0.362. The molecular weight excluding hydrogens is 526 g/mol. The molecule has 6 rings (SSSR count). The molecular formula is C25H26N7O4S2+. The fourth-order valence-electron chi connectivity index (χ4n) is 4.58. The first-order valence-corrected chi connectivity index (χ1v) is 13.9. The van der Waals surface area contributed by atoms with Crippen molar-refractivity contribution in [3.8, 4) is 11.1 Å². The lowest BCUT2D eigenvalue weighted by Crippen LogP contribution is -2.53. The van der Waals surface area contributed by atoms with Gasteiger partial charge in [-0.15, -0.1) is 22.7 Å². The first kappa shape index (κ1) is 24.6. The number of quaternary nitrogens is 1. The van der Waals surface area contributed by atoms with Gasteiger partial charge in [0.2, 0.25) is 11.4 Å². The molecule has 0 spiro atoms. The van der Waals surface area contributed by atoms with Crippen LogP contribution in [0.4, 0.5) is 11.8 Å². The van der Waals surface area contributed by atoms with E-state index in [1.54, 1.807) is 34.2 Å². The van der Waals surface area contributed by atoms with Crippen LogP contribution in [0, 0.1) is 0 Å². The van der Waals surface area contributed by atoms with Gasteiger partial charge in [-0.05, 0) is 17.0 Å². The predicted molar refractivity (Wildman–Crippen MR) is 147 cm³/mol. The number of hydrogen-bond donors (Lipinski definition) is 3. The first-order chi connectivity index (χ1) is 18.5. The van der Waals surface area contributed by atoms with E-state index in [0.29, 0.717) is 84.8 Å². The maximum atomic E-state index is 12.9. The molecule has 1 aliphatic rings. The maximum Gasteiger partial charge on any atom is 0.254 e. The Bertz CT molecular complexity index is 1700. The minimum atomic E-state index is -0.578. The number of rotatable bonds is 8. The lowest BCUT2D eigenvalue weighted by Gasteiger charge is -2.27. The molecule has 0 atom stereocenters. The highest BCUT2D eigenvalue weighted by atomic mass is 32.1. The van der Waals surface area contributed by atoms with Gasteiger partial charge >= 0.3 is 0 Å². The highest BCUT2D eigenvalue weighted by Gasteiger charge is 2.22. The molecule has 0 unspecified atom stereocenters. The molecule has 11 nitrogen and oxygen atoms in total. The molecule has 1 fully saturated rings. The molecule has 0 radical (unpaired) electrons. The Hall–Kier alpha value is -3.78. The van der Waals surface area contributed by atoms with Crippen LogP contribution in [-0.2, 0) is 11.2 Å². The highest BCUT2D eigenvalue weighted by molar-refractivity contribution is 7.17. The van der Waals surface area contributed by atoms with E-state index in [-0.39, 0.29) is 5.43 Å². The summed E-state index contributed by atoms with van der Waals surface area (Å²) < 4.78 is 14.0. The Morgan fingerprint density at radius 2 is 2.05 bits per heavy atom. The third-order valence-electron chi connectivity index (χ3n) is 6.39. The number of carbonyl (C=O) groups excluding carboxylic acids is 1. The van der Waals surface area contributed by atoms with Gasteiger partial charge in [-0.3, -0.25) is 14.0 Å². The summed E-state index contributed by atoms with van der Waals surface area (Å²) in [6.45, 7) is 3.87. The lowest BCUT2D eigenvalue weighted by atomic mass is 10.1. The molecule has 6 N–H and O–H groups in total. The zero-order valence-corrected chi connectivity index (χ0v) is 22.1. The summed E-state index contributed by atoms with van der Waals surface area (Å²) in [4.78, 5) is 37.4. The van der Waals surface area contributed by atoms with E-state index in [2.05, 4.69) is 16.0 Å². The zero-order chi connectivity index (χ0) is 26.2. The normalized spacial score (nSPS) is 14.0. The van der Waals surface area contributed by atoms with Crippen molar-refractivity contribution in [2.75, 3.05) is 49.6 Å². The maximum absolute atomic E-state index is 12.9. The van der Waals surface area contributed by atoms with Gasteiger partial charge in [-0.2, -0.15) is 0 Å². The number of nitrogens with two attached hydrogens (primary N) is 1.